The topological polar surface area (TPSA) is 302 Å². The molecular weight excluding hydrogens is 560 g/mol. The first-order chi connectivity index (χ1) is 17.6. The number of hydrogen-bond donors (Lipinski definition) is 9. The molecule has 214 valence electrons. The minimum absolute atomic E-state index is 0.0828. The van der Waals surface area contributed by atoms with Crippen molar-refractivity contribution < 1.29 is 62.8 Å². The number of aromatic nitrogens is 4. The second kappa shape index (κ2) is 10.6. The molecule has 2 fully saturated rings. The number of nitrogens with zero attached hydrogens (tertiary/aromatic N) is 3. The zero-order valence-corrected chi connectivity index (χ0v) is 21.3. The summed E-state index contributed by atoms with van der Waals surface area (Å²) in [5, 5.41) is 50.3. The molecule has 11 atom stereocenters. The van der Waals surface area contributed by atoms with E-state index in [0.29, 0.717) is 0 Å². The standard InChI is InChI=1S/C17H27N5O14P2/c1-5-9(23)12(26)11(25)7(34-5)3-37(29,30)36-38(31,32)33-2-6-10(24)13(27)16(35-6)22-4-19-8-14(22)20-17(18)21-15(8)28/h4-7,9-13,16,23-27H,2-3H2,1H3,(H,29,30)(H,31,32)(H3,18,20,21,28)/t5-,6+,7+,9+,10+,11+,12+,13+,16+/m0/s1. The van der Waals surface area contributed by atoms with E-state index < -0.39 is 88.8 Å². The van der Waals surface area contributed by atoms with Crippen LogP contribution in [0.3, 0.4) is 0 Å². The largest absolute Gasteiger partial charge is 0.479 e. The maximum Gasteiger partial charge on any atom is 0.479 e. The first-order valence-corrected chi connectivity index (χ1v) is 14.3. The van der Waals surface area contributed by atoms with Crippen LogP contribution < -0.4 is 11.3 Å². The van der Waals surface area contributed by atoms with Gasteiger partial charge in [0.15, 0.2) is 17.4 Å². The van der Waals surface area contributed by atoms with Crippen molar-refractivity contribution in [3.05, 3.63) is 16.7 Å². The highest BCUT2D eigenvalue weighted by molar-refractivity contribution is 7.64. The number of fused-ring (bicyclic) bond motifs is 1. The van der Waals surface area contributed by atoms with E-state index in [0.717, 1.165) is 10.9 Å². The number of H-pyrrole nitrogens is 1. The maximum atomic E-state index is 12.4. The van der Waals surface area contributed by atoms with Crippen molar-refractivity contribution in [3.8, 4) is 0 Å². The molecule has 2 saturated heterocycles. The molecule has 0 amide bonds. The number of phosphoric ester groups is 1. The van der Waals surface area contributed by atoms with Gasteiger partial charge in [-0.3, -0.25) is 23.4 Å². The molecule has 0 spiro atoms. The summed E-state index contributed by atoms with van der Waals surface area (Å²) in [4.78, 5) is 42.0. The lowest BCUT2D eigenvalue weighted by atomic mass is 9.96. The second-order valence-electron chi connectivity index (χ2n) is 8.84. The summed E-state index contributed by atoms with van der Waals surface area (Å²) in [5.41, 5.74) is 4.64. The van der Waals surface area contributed by atoms with E-state index >= 15 is 0 Å². The van der Waals surface area contributed by atoms with Crippen LogP contribution in [0.1, 0.15) is 13.2 Å². The van der Waals surface area contributed by atoms with Gasteiger partial charge in [0.05, 0.1) is 31.3 Å². The normalized spacial score (nSPS) is 37.2. The van der Waals surface area contributed by atoms with Gasteiger partial charge in [-0.15, -0.1) is 0 Å². The lowest BCUT2D eigenvalue weighted by Crippen LogP contribution is -2.57. The van der Waals surface area contributed by atoms with E-state index in [1.165, 1.54) is 6.92 Å². The molecule has 2 unspecified atom stereocenters. The van der Waals surface area contributed by atoms with Crippen molar-refractivity contribution in [3.63, 3.8) is 0 Å². The molecule has 2 aliphatic heterocycles. The second-order valence-corrected chi connectivity index (χ2v) is 12.3. The van der Waals surface area contributed by atoms with E-state index in [4.69, 9.17) is 15.2 Å². The van der Waals surface area contributed by atoms with Crippen molar-refractivity contribution in [2.24, 2.45) is 0 Å². The number of ether oxygens (including phenoxy) is 2. The Labute approximate surface area is 212 Å². The van der Waals surface area contributed by atoms with Crippen LogP contribution in [0.25, 0.3) is 11.2 Å². The average molecular weight is 587 g/mol. The van der Waals surface area contributed by atoms with Crippen LogP contribution >= 0.6 is 15.4 Å². The van der Waals surface area contributed by atoms with E-state index in [1.54, 1.807) is 0 Å². The van der Waals surface area contributed by atoms with Gasteiger partial charge in [-0.1, -0.05) is 0 Å². The molecule has 0 aliphatic carbocycles. The van der Waals surface area contributed by atoms with Crippen LogP contribution in [0.15, 0.2) is 11.1 Å². The van der Waals surface area contributed by atoms with Gasteiger partial charge in [0.2, 0.25) is 5.95 Å². The number of imidazole rings is 1. The predicted octanol–water partition coefficient (Wildman–Crippen LogP) is -3.49. The molecular formula is C17H27N5O14P2. The fourth-order valence-corrected chi connectivity index (χ4v) is 6.96. The highest BCUT2D eigenvalue weighted by Crippen LogP contribution is 2.60. The van der Waals surface area contributed by atoms with Crippen LogP contribution in [0.4, 0.5) is 5.95 Å². The first kappa shape index (κ1) is 29.2. The Morgan fingerprint density at radius 1 is 1.05 bits per heavy atom. The van der Waals surface area contributed by atoms with Crippen molar-refractivity contribution >= 4 is 32.5 Å². The van der Waals surface area contributed by atoms with Gasteiger partial charge >= 0.3 is 15.4 Å². The summed E-state index contributed by atoms with van der Waals surface area (Å²) in [6, 6.07) is 0. The Hall–Kier alpha value is -1.83. The first-order valence-electron chi connectivity index (χ1n) is 11.0. The third-order valence-electron chi connectivity index (χ3n) is 6.06. The van der Waals surface area contributed by atoms with E-state index in [2.05, 4.69) is 23.8 Å². The summed E-state index contributed by atoms with van der Waals surface area (Å²) in [6.07, 6.45) is -13.7. The fraction of sp³-hybridized carbons (Fsp3) is 0.706. The summed E-state index contributed by atoms with van der Waals surface area (Å²) < 4.78 is 45.6. The van der Waals surface area contributed by atoms with Crippen LogP contribution in [0.2, 0.25) is 0 Å². The monoisotopic (exact) mass is 587 g/mol. The molecule has 19 nitrogen and oxygen atoms in total. The summed E-state index contributed by atoms with van der Waals surface area (Å²) in [6.45, 7) is 0.427. The van der Waals surface area contributed by atoms with Gasteiger partial charge in [0.25, 0.3) is 5.56 Å². The number of aromatic amines is 1. The SMILES string of the molecule is C[C@@H]1O[C@H](CP(=O)(O)OP(=O)(O)OC[C@H]2O[C@@H](n3cnc4c(=O)[nH]c(N)nc43)[C@H](O)[C@@H]2O)[C@@H](O)[C@H](O)[C@@H]1O. The molecule has 0 radical (unpaired) electrons. The van der Waals surface area contributed by atoms with Gasteiger partial charge in [0.1, 0.15) is 36.6 Å². The van der Waals surface area contributed by atoms with Crippen LogP contribution in [0, 0.1) is 0 Å². The summed E-state index contributed by atoms with van der Waals surface area (Å²) in [7, 11) is -10.3. The number of aliphatic hydroxyl groups is 5. The van der Waals surface area contributed by atoms with Crippen LogP contribution in [-0.4, -0.2) is 116 Å². The zero-order chi connectivity index (χ0) is 28.2. The third kappa shape index (κ3) is 5.85. The number of aliphatic hydroxyl groups excluding tert-OH is 5. The van der Waals surface area contributed by atoms with E-state index in [1.807, 2.05) is 0 Å². The number of nitrogens with two attached hydrogens (primary N) is 1. The number of rotatable bonds is 8. The van der Waals surface area contributed by atoms with Gasteiger partial charge in [-0.2, -0.15) is 4.98 Å². The van der Waals surface area contributed by atoms with Crippen molar-refractivity contribution in [1.29, 1.82) is 0 Å². The lowest BCUT2D eigenvalue weighted by Gasteiger charge is -2.39. The Morgan fingerprint density at radius 3 is 2.39 bits per heavy atom. The molecule has 21 heteroatoms. The fourth-order valence-electron chi connectivity index (χ4n) is 4.13. The van der Waals surface area contributed by atoms with Crippen LogP contribution in [0.5, 0.6) is 0 Å². The predicted molar refractivity (Wildman–Crippen MR) is 122 cm³/mol. The Morgan fingerprint density at radius 2 is 1.71 bits per heavy atom. The zero-order valence-electron chi connectivity index (χ0n) is 19.5. The quantitative estimate of drug-likeness (QED) is 0.135. The van der Waals surface area contributed by atoms with Gasteiger partial charge in [-0.05, 0) is 6.92 Å². The smallest absolute Gasteiger partial charge is 0.388 e. The Bertz CT molecular complexity index is 1320. The molecule has 4 rings (SSSR count). The summed E-state index contributed by atoms with van der Waals surface area (Å²) in [5.74, 6) is -0.254. The molecule has 0 saturated carbocycles. The van der Waals surface area contributed by atoms with Crippen molar-refractivity contribution in [1.82, 2.24) is 19.5 Å². The number of phosphoric acid groups is 1. The molecule has 0 bridgehead atoms. The number of nitrogens with one attached hydrogen (secondary N) is 1. The molecule has 2 aliphatic rings. The molecule has 2 aromatic heterocycles. The van der Waals surface area contributed by atoms with E-state index in [9.17, 15) is 49.2 Å². The Kier molecular flexibility index (Phi) is 8.15. The van der Waals surface area contributed by atoms with Gasteiger partial charge in [-0.25, -0.2) is 13.9 Å². The number of hydrogen-bond acceptors (Lipinski definition) is 15. The highest BCUT2D eigenvalue weighted by Gasteiger charge is 2.48. The summed E-state index contributed by atoms with van der Waals surface area (Å²) >= 11 is 0. The minimum Gasteiger partial charge on any atom is -0.388 e. The number of nitrogen functional groups attached to an aromatic ring is 1. The van der Waals surface area contributed by atoms with Gasteiger partial charge < -0.3 is 50.5 Å². The molecule has 2 aromatic rings. The van der Waals surface area contributed by atoms with E-state index in [-0.39, 0.29) is 17.1 Å². The minimum atomic E-state index is -5.30. The lowest BCUT2D eigenvalue weighted by molar-refractivity contribution is -0.211. The molecule has 38 heavy (non-hydrogen) atoms. The average Bonchev–Trinajstić information content (AvgIpc) is 3.35. The third-order valence-corrected chi connectivity index (χ3v) is 9.20. The highest BCUT2D eigenvalue weighted by atomic mass is 31.3. The maximum absolute atomic E-state index is 12.4. The van der Waals surface area contributed by atoms with Crippen molar-refractivity contribution in [2.75, 3.05) is 18.5 Å². The van der Waals surface area contributed by atoms with Crippen molar-refractivity contribution in [2.45, 2.75) is 62.0 Å². The molecule has 10 N–H and O–H groups in total. The van der Waals surface area contributed by atoms with Gasteiger partial charge in [0, 0.05) is 0 Å². The molecule has 0 aromatic carbocycles. The molecule has 4 heterocycles. The van der Waals surface area contributed by atoms with Crippen LogP contribution in [-0.2, 0) is 27.4 Å². The Balaban J connectivity index is 1.39. The number of anilines is 1.